The van der Waals surface area contributed by atoms with Gasteiger partial charge in [-0.15, -0.1) is 0 Å². The van der Waals surface area contributed by atoms with E-state index in [9.17, 15) is 17.6 Å². The third-order valence-electron chi connectivity index (χ3n) is 12.4. The summed E-state index contributed by atoms with van der Waals surface area (Å²) < 4.78 is 42.2. The molecule has 1 saturated carbocycles. The number of likely N-dealkylation sites (tertiary alicyclic amines) is 1. The Balaban J connectivity index is 1.13. The molecule has 0 N–H and O–H groups in total. The molecule has 0 bridgehead atoms. The van der Waals surface area contributed by atoms with Crippen molar-refractivity contribution in [1.82, 2.24) is 29.0 Å². The molecule has 9 nitrogen and oxygen atoms in total. The number of Topliss-reactive ketones (excluding diaryl/α,β-unsaturated/α-hetero) is 1. The fraction of sp³-hybridized carbons (Fsp3) is 0.703. The van der Waals surface area contributed by atoms with Crippen molar-refractivity contribution < 1.29 is 17.6 Å². The Labute approximate surface area is 287 Å². The van der Waals surface area contributed by atoms with E-state index in [1.807, 2.05) is 26.0 Å². The van der Waals surface area contributed by atoms with Crippen LogP contribution in [-0.2, 0) is 10.0 Å². The monoisotopic (exact) mass is 682 g/mol. The van der Waals surface area contributed by atoms with Crippen LogP contribution in [0.15, 0.2) is 30.6 Å². The van der Waals surface area contributed by atoms with E-state index in [1.54, 1.807) is 10.4 Å². The molecule has 2 aromatic rings. The van der Waals surface area contributed by atoms with E-state index < -0.39 is 15.6 Å². The molecule has 4 fully saturated rings. The number of nitrogens with zero attached hydrogens (tertiary/aromatic N) is 6. The average molecular weight is 683 g/mol. The molecular weight excluding hydrogens is 628 g/mol. The zero-order valence-corrected chi connectivity index (χ0v) is 30.6. The Bertz CT molecular complexity index is 1560. The topological polar surface area (TPSA) is 90.0 Å². The highest BCUT2D eigenvalue weighted by atomic mass is 32.2. The van der Waals surface area contributed by atoms with Crippen molar-refractivity contribution in [1.29, 1.82) is 0 Å². The normalized spacial score (nSPS) is 25.9. The molecule has 3 aliphatic heterocycles. The summed E-state index contributed by atoms with van der Waals surface area (Å²) in [4.78, 5) is 30.3. The van der Waals surface area contributed by atoms with Crippen molar-refractivity contribution in [2.24, 2.45) is 5.92 Å². The summed E-state index contributed by atoms with van der Waals surface area (Å²) in [5.41, 5.74) is 2.55. The van der Waals surface area contributed by atoms with Gasteiger partial charge in [-0.2, -0.15) is 0 Å². The SMILES string of the molecule is CCC(C)(C(=O)c1c(C)ncnc1C)N1CCC(C)(N2CCN(C(c3cccc(F)c3)C3CCN(S(=O)(=O)C4CC4)CC3)C(C)C2)CC1. The number of carbonyl (C=O) groups is 1. The van der Waals surface area contributed by atoms with E-state index in [4.69, 9.17) is 0 Å². The number of benzene rings is 1. The molecule has 4 aliphatic rings. The van der Waals surface area contributed by atoms with Crippen molar-refractivity contribution in [3.63, 3.8) is 0 Å². The van der Waals surface area contributed by atoms with Crippen molar-refractivity contribution in [2.75, 3.05) is 45.8 Å². The molecule has 3 atom stereocenters. The van der Waals surface area contributed by atoms with Crippen LogP contribution in [0.2, 0.25) is 0 Å². The molecule has 11 heteroatoms. The van der Waals surface area contributed by atoms with E-state index in [-0.39, 0.29) is 40.4 Å². The van der Waals surface area contributed by atoms with Crippen molar-refractivity contribution in [2.45, 2.75) is 115 Å². The lowest BCUT2D eigenvalue weighted by Gasteiger charge is -2.55. The summed E-state index contributed by atoms with van der Waals surface area (Å²) in [7, 11) is -3.18. The van der Waals surface area contributed by atoms with Gasteiger partial charge in [-0.1, -0.05) is 19.1 Å². The third-order valence-corrected chi connectivity index (χ3v) is 14.8. The molecule has 1 aliphatic carbocycles. The fourth-order valence-corrected chi connectivity index (χ4v) is 10.7. The first kappa shape index (κ1) is 35.5. The lowest BCUT2D eigenvalue weighted by molar-refractivity contribution is -0.0536. The van der Waals surface area contributed by atoms with Gasteiger partial charge in [-0.3, -0.25) is 19.5 Å². The van der Waals surface area contributed by atoms with Crippen LogP contribution in [0.4, 0.5) is 4.39 Å². The molecule has 0 amide bonds. The van der Waals surface area contributed by atoms with Crippen molar-refractivity contribution >= 4 is 15.8 Å². The summed E-state index contributed by atoms with van der Waals surface area (Å²) >= 11 is 0. The number of hydrogen-bond donors (Lipinski definition) is 0. The average Bonchev–Trinajstić information content (AvgIpc) is 3.93. The Morgan fingerprint density at radius 1 is 1.02 bits per heavy atom. The third kappa shape index (κ3) is 6.74. The highest BCUT2D eigenvalue weighted by Gasteiger charge is 2.47. The number of sulfonamides is 1. The Kier molecular flexibility index (Phi) is 10.2. The van der Waals surface area contributed by atoms with Crippen molar-refractivity contribution in [3.05, 3.63) is 58.9 Å². The highest BCUT2D eigenvalue weighted by Crippen LogP contribution is 2.42. The zero-order valence-electron chi connectivity index (χ0n) is 29.8. The maximum absolute atomic E-state index is 14.6. The summed E-state index contributed by atoms with van der Waals surface area (Å²) in [5, 5.41) is -0.183. The predicted octanol–water partition coefficient (Wildman–Crippen LogP) is 5.39. The second-order valence-electron chi connectivity index (χ2n) is 15.4. The number of aryl methyl sites for hydroxylation is 2. The minimum absolute atomic E-state index is 0.0209. The zero-order chi connectivity index (χ0) is 34.4. The summed E-state index contributed by atoms with van der Waals surface area (Å²) in [5.74, 6) is 0.155. The minimum Gasteiger partial charge on any atom is -0.295 e. The van der Waals surface area contributed by atoms with E-state index in [0.29, 0.717) is 18.7 Å². The number of aromatic nitrogens is 2. The molecule has 4 heterocycles. The second kappa shape index (κ2) is 13.8. The first-order valence-corrected chi connectivity index (χ1v) is 19.6. The van der Waals surface area contributed by atoms with E-state index in [2.05, 4.69) is 52.4 Å². The van der Waals surface area contributed by atoms with Gasteiger partial charge in [0, 0.05) is 63.4 Å². The molecule has 3 unspecified atom stereocenters. The lowest BCUT2D eigenvalue weighted by atomic mass is 9.80. The van der Waals surface area contributed by atoms with Gasteiger partial charge in [0.05, 0.1) is 27.7 Å². The number of rotatable bonds is 10. The molecule has 0 spiro atoms. The fourth-order valence-electron chi connectivity index (χ4n) is 8.84. The summed E-state index contributed by atoms with van der Waals surface area (Å²) in [6.07, 6.45) is 7.35. The van der Waals surface area contributed by atoms with Gasteiger partial charge in [-0.25, -0.2) is 27.1 Å². The lowest BCUT2D eigenvalue weighted by Crippen LogP contribution is -2.64. The van der Waals surface area contributed by atoms with Gasteiger partial charge in [0.2, 0.25) is 10.0 Å². The first-order chi connectivity index (χ1) is 22.8. The summed E-state index contributed by atoms with van der Waals surface area (Å²) in [6.45, 7) is 18.2. The number of ketones is 1. The van der Waals surface area contributed by atoms with Crippen LogP contribution in [0.5, 0.6) is 0 Å². The highest BCUT2D eigenvalue weighted by molar-refractivity contribution is 7.90. The van der Waals surface area contributed by atoms with Gasteiger partial charge in [-0.05, 0) is 103 Å². The number of halogens is 1. The maximum Gasteiger partial charge on any atom is 0.216 e. The Morgan fingerprint density at radius 2 is 1.67 bits per heavy atom. The van der Waals surface area contributed by atoms with Crippen LogP contribution in [-0.4, -0.2) is 111 Å². The molecule has 48 heavy (non-hydrogen) atoms. The Hall–Kier alpha value is -2.31. The minimum atomic E-state index is -3.18. The number of piperazine rings is 1. The van der Waals surface area contributed by atoms with Crippen LogP contribution in [0.25, 0.3) is 0 Å². The number of carbonyl (C=O) groups excluding carboxylic acids is 1. The van der Waals surface area contributed by atoms with Crippen LogP contribution >= 0.6 is 0 Å². The standard InChI is InChI=1S/C37H55FN6O3S/c1-7-37(6,35(45)33-27(3)39-25-40-28(33)4)41-19-15-36(5,16-20-41)42-21-22-44(26(2)24-42)34(30-9-8-10-31(38)23-30)29-13-17-43(18-14-29)48(46,47)32-11-12-32/h8-10,23,25-26,29,32,34H,7,11-22,24H2,1-6H3. The quantitative estimate of drug-likeness (QED) is 0.309. The predicted molar refractivity (Wildman–Crippen MR) is 187 cm³/mol. The van der Waals surface area contributed by atoms with E-state index >= 15 is 0 Å². The molecule has 0 radical (unpaired) electrons. The van der Waals surface area contributed by atoms with E-state index in [1.165, 1.54) is 12.4 Å². The second-order valence-corrected chi connectivity index (χ2v) is 17.6. The molecule has 264 valence electrons. The van der Waals surface area contributed by atoms with Gasteiger partial charge in [0.1, 0.15) is 12.1 Å². The van der Waals surface area contributed by atoms with Gasteiger partial charge in [0.15, 0.2) is 5.78 Å². The largest absolute Gasteiger partial charge is 0.295 e. The van der Waals surface area contributed by atoms with Crippen molar-refractivity contribution in [3.8, 4) is 0 Å². The smallest absolute Gasteiger partial charge is 0.216 e. The Morgan fingerprint density at radius 3 is 2.23 bits per heavy atom. The van der Waals surface area contributed by atoms with Crippen LogP contribution in [0, 0.1) is 25.6 Å². The van der Waals surface area contributed by atoms with Gasteiger partial charge < -0.3 is 0 Å². The number of hydrogen-bond acceptors (Lipinski definition) is 8. The molecule has 1 aromatic carbocycles. The first-order valence-electron chi connectivity index (χ1n) is 18.1. The maximum atomic E-state index is 14.6. The van der Waals surface area contributed by atoms with Crippen LogP contribution in [0.1, 0.15) is 106 Å². The molecule has 6 rings (SSSR count). The molecule has 3 saturated heterocycles. The number of piperidine rings is 2. The van der Waals surface area contributed by atoms with Gasteiger partial charge in [0.25, 0.3) is 0 Å². The van der Waals surface area contributed by atoms with Gasteiger partial charge >= 0.3 is 0 Å². The molecular formula is C37H55FN6O3S. The van der Waals surface area contributed by atoms with Crippen LogP contribution in [0.3, 0.4) is 0 Å². The summed E-state index contributed by atoms with van der Waals surface area (Å²) in [6, 6.07) is 7.35. The van der Waals surface area contributed by atoms with Crippen LogP contribution < -0.4 is 0 Å². The molecule has 1 aromatic heterocycles. The van der Waals surface area contributed by atoms with E-state index in [0.717, 1.165) is 94.6 Å².